The largest absolute Gasteiger partial charge is 0.205 e. The zero-order chi connectivity index (χ0) is 11.0. The molecule has 0 saturated heterocycles. The van der Waals surface area contributed by atoms with Gasteiger partial charge in [-0.3, -0.25) is 0 Å². The van der Waals surface area contributed by atoms with Crippen molar-refractivity contribution in [2.75, 3.05) is 0 Å². The first-order chi connectivity index (χ1) is 7.11. The van der Waals surface area contributed by atoms with Gasteiger partial charge in [0, 0.05) is 5.22 Å². The van der Waals surface area contributed by atoms with Crippen LogP contribution in [0.2, 0.25) is 5.02 Å². The summed E-state index contributed by atoms with van der Waals surface area (Å²) >= 11 is 6.03. The van der Waals surface area contributed by atoms with Crippen LogP contribution in [0.1, 0.15) is 26.7 Å². The van der Waals surface area contributed by atoms with Crippen molar-refractivity contribution in [2.24, 2.45) is 5.92 Å². The molecule has 2 heteroatoms. The van der Waals surface area contributed by atoms with Crippen LogP contribution in [0.3, 0.4) is 0 Å². The van der Waals surface area contributed by atoms with E-state index in [1.807, 2.05) is 6.07 Å². The summed E-state index contributed by atoms with van der Waals surface area (Å²) in [5, 5.41) is 2.29. The number of benzene rings is 1. The molecule has 1 aromatic carbocycles. The molecule has 0 N–H and O–H groups in total. The van der Waals surface area contributed by atoms with Gasteiger partial charge in [-0.25, -0.2) is 4.39 Å². The predicted molar refractivity (Wildman–Crippen MR) is 62.6 cm³/mol. The highest BCUT2D eigenvalue weighted by molar-refractivity contribution is 6.31. The van der Waals surface area contributed by atoms with Crippen molar-refractivity contribution in [3.05, 3.63) is 33.4 Å². The third-order valence-electron chi connectivity index (χ3n) is 2.92. The molecule has 0 atom stereocenters. The molecule has 1 aliphatic rings. The van der Waals surface area contributed by atoms with E-state index in [2.05, 4.69) is 19.9 Å². The van der Waals surface area contributed by atoms with Gasteiger partial charge in [-0.2, -0.15) is 0 Å². The van der Waals surface area contributed by atoms with Gasteiger partial charge >= 0.3 is 0 Å². The second-order valence-electron chi connectivity index (χ2n) is 4.25. The molecular weight excluding hydrogens is 211 g/mol. The minimum atomic E-state index is -0.316. The molecule has 0 saturated carbocycles. The molecule has 0 amide bonds. The van der Waals surface area contributed by atoms with Crippen molar-refractivity contribution in [1.29, 1.82) is 0 Å². The van der Waals surface area contributed by atoms with Crippen LogP contribution in [0.15, 0.2) is 12.1 Å². The average molecular weight is 225 g/mol. The lowest BCUT2D eigenvalue weighted by atomic mass is 9.91. The van der Waals surface area contributed by atoms with Crippen molar-refractivity contribution in [3.8, 4) is 0 Å². The van der Waals surface area contributed by atoms with Gasteiger partial charge in [0.2, 0.25) is 0 Å². The summed E-state index contributed by atoms with van der Waals surface area (Å²) in [5.74, 6) is 0.112. The molecule has 80 valence electrons. The van der Waals surface area contributed by atoms with Gasteiger partial charge in [0.05, 0.1) is 5.02 Å². The van der Waals surface area contributed by atoms with Crippen LogP contribution < -0.4 is 10.4 Å². The van der Waals surface area contributed by atoms with Gasteiger partial charge in [-0.1, -0.05) is 43.2 Å². The maximum absolute atomic E-state index is 13.4. The maximum atomic E-state index is 13.4. The Morgan fingerprint density at radius 1 is 1.33 bits per heavy atom. The van der Waals surface area contributed by atoms with Crippen LogP contribution in [-0.2, 0) is 0 Å². The number of fused-ring (bicyclic) bond motifs is 1. The standard InChI is InChI=1S/C13H14ClF/c1-8(2)10-5-3-4-9-6-7-11(15)13(14)12(9)10/h4,6-8H,3,5H2,1-2H3. The Morgan fingerprint density at radius 3 is 2.73 bits per heavy atom. The Labute approximate surface area is 94.1 Å². The number of hydrogen-bond donors (Lipinski definition) is 0. The minimum absolute atomic E-state index is 0.284. The van der Waals surface area contributed by atoms with E-state index >= 15 is 0 Å². The van der Waals surface area contributed by atoms with Crippen molar-refractivity contribution in [2.45, 2.75) is 26.7 Å². The van der Waals surface area contributed by atoms with Crippen molar-refractivity contribution in [3.63, 3.8) is 0 Å². The van der Waals surface area contributed by atoms with Crippen LogP contribution in [0.25, 0.3) is 11.6 Å². The van der Waals surface area contributed by atoms with Gasteiger partial charge in [-0.15, -0.1) is 0 Å². The number of hydrogen-bond acceptors (Lipinski definition) is 0. The second kappa shape index (κ2) is 3.97. The van der Waals surface area contributed by atoms with Crippen molar-refractivity contribution in [1.82, 2.24) is 0 Å². The van der Waals surface area contributed by atoms with E-state index in [0.29, 0.717) is 5.92 Å². The number of rotatable bonds is 1. The number of halogens is 2. The molecule has 0 aromatic heterocycles. The monoisotopic (exact) mass is 224 g/mol. The minimum Gasteiger partial charge on any atom is -0.205 e. The fraction of sp³-hybridized carbons (Fsp3) is 0.385. The van der Waals surface area contributed by atoms with Crippen LogP contribution in [-0.4, -0.2) is 0 Å². The Hall–Kier alpha value is -0.820. The summed E-state index contributed by atoms with van der Waals surface area (Å²) in [4.78, 5) is 0. The molecule has 0 unspecified atom stereocenters. The van der Waals surface area contributed by atoms with E-state index in [0.717, 1.165) is 23.3 Å². The lowest BCUT2D eigenvalue weighted by Crippen LogP contribution is -2.32. The van der Waals surface area contributed by atoms with E-state index in [4.69, 9.17) is 11.6 Å². The Balaban J connectivity index is 2.89. The topological polar surface area (TPSA) is 0 Å². The molecule has 0 bridgehead atoms. The Bertz CT molecular complexity index is 500. The summed E-state index contributed by atoms with van der Waals surface area (Å²) in [6.45, 7) is 4.26. The molecule has 0 nitrogen and oxygen atoms in total. The van der Waals surface area contributed by atoms with Crippen LogP contribution in [0.5, 0.6) is 0 Å². The highest BCUT2D eigenvalue weighted by atomic mass is 35.5. The Kier molecular flexibility index (Phi) is 2.83. The smallest absolute Gasteiger partial charge is 0.142 e. The van der Waals surface area contributed by atoms with Gasteiger partial charge in [-0.05, 0) is 30.0 Å². The Morgan fingerprint density at radius 2 is 2.07 bits per heavy atom. The van der Waals surface area contributed by atoms with Gasteiger partial charge in [0.25, 0.3) is 0 Å². The first-order valence-electron chi connectivity index (χ1n) is 5.28. The molecule has 0 spiro atoms. The molecule has 15 heavy (non-hydrogen) atoms. The molecule has 1 aliphatic carbocycles. The van der Waals surface area contributed by atoms with E-state index in [9.17, 15) is 4.39 Å². The van der Waals surface area contributed by atoms with E-state index in [1.165, 1.54) is 11.6 Å². The molecule has 0 radical (unpaired) electrons. The fourth-order valence-electron chi connectivity index (χ4n) is 2.15. The molecule has 0 aliphatic heterocycles. The molecule has 0 fully saturated rings. The van der Waals surface area contributed by atoms with Crippen LogP contribution in [0, 0.1) is 11.7 Å². The van der Waals surface area contributed by atoms with Gasteiger partial charge < -0.3 is 0 Å². The summed E-state index contributed by atoms with van der Waals surface area (Å²) in [6, 6.07) is 3.26. The summed E-state index contributed by atoms with van der Waals surface area (Å²) in [6.07, 6.45) is 4.16. The third kappa shape index (κ3) is 1.81. The normalized spacial score (nSPS) is 15.1. The molecular formula is C13H14ClF. The molecule has 0 heterocycles. The van der Waals surface area contributed by atoms with Crippen LogP contribution >= 0.6 is 11.6 Å². The van der Waals surface area contributed by atoms with Crippen molar-refractivity contribution < 1.29 is 4.39 Å². The zero-order valence-electron chi connectivity index (χ0n) is 8.98. The predicted octanol–water partition coefficient (Wildman–Crippen LogP) is 2.86. The summed E-state index contributed by atoms with van der Waals surface area (Å²) in [7, 11) is 0. The van der Waals surface area contributed by atoms with E-state index in [1.54, 1.807) is 0 Å². The van der Waals surface area contributed by atoms with Gasteiger partial charge in [0.15, 0.2) is 0 Å². The first kappa shape index (κ1) is 10.7. The fourth-order valence-corrected chi connectivity index (χ4v) is 2.44. The molecule has 1 aromatic rings. The lowest BCUT2D eigenvalue weighted by molar-refractivity contribution is 0.625. The highest BCUT2D eigenvalue weighted by Gasteiger charge is 2.12. The zero-order valence-corrected chi connectivity index (χ0v) is 9.74. The summed E-state index contributed by atoms with van der Waals surface area (Å²) in [5.41, 5.74) is 1.28. The lowest BCUT2D eigenvalue weighted by Gasteiger charge is -2.15. The molecule has 2 rings (SSSR count). The quantitative estimate of drug-likeness (QED) is 0.688. The van der Waals surface area contributed by atoms with Crippen molar-refractivity contribution >= 4 is 23.3 Å². The van der Waals surface area contributed by atoms with Gasteiger partial charge in [0.1, 0.15) is 5.82 Å². The maximum Gasteiger partial charge on any atom is 0.142 e. The van der Waals surface area contributed by atoms with E-state index < -0.39 is 0 Å². The van der Waals surface area contributed by atoms with Crippen LogP contribution in [0.4, 0.5) is 4.39 Å². The third-order valence-corrected chi connectivity index (χ3v) is 3.29. The first-order valence-corrected chi connectivity index (χ1v) is 5.66. The average Bonchev–Trinajstić information content (AvgIpc) is 2.23. The second-order valence-corrected chi connectivity index (χ2v) is 4.63. The summed E-state index contributed by atoms with van der Waals surface area (Å²) < 4.78 is 13.4. The van der Waals surface area contributed by atoms with E-state index in [-0.39, 0.29) is 10.8 Å². The SMILES string of the molecule is CC(C)C1=c2c(Cl)c(F)ccc2=CCC1. The highest BCUT2D eigenvalue weighted by Crippen LogP contribution is 2.20.